The van der Waals surface area contributed by atoms with Gasteiger partial charge in [-0.3, -0.25) is 4.79 Å². The van der Waals surface area contributed by atoms with E-state index < -0.39 is 0 Å². The number of nitrogens with one attached hydrogen (secondary N) is 1. The number of aromatic nitrogens is 2. The van der Waals surface area contributed by atoms with Gasteiger partial charge in [0, 0.05) is 24.4 Å². The van der Waals surface area contributed by atoms with Gasteiger partial charge in [-0.1, -0.05) is 6.92 Å². The molecule has 0 fully saturated rings. The van der Waals surface area contributed by atoms with E-state index in [2.05, 4.69) is 10.4 Å². The highest BCUT2D eigenvalue weighted by molar-refractivity contribution is 5.51. The van der Waals surface area contributed by atoms with E-state index in [-0.39, 0.29) is 5.43 Å². The molecule has 0 spiro atoms. The minimum atomic E-state index is -0.0674. The third-order valence-electron chi connectivity index (χ3n) is 3.34. The lowest BCUT2D eigenvalue weighted by Gasteiger charge is -2.15. The summed E-state index contributed by atoms with van der Waals surface area (Å²) in [7, 11) is 3.20. The normalized spacial score (nSPS) is 10.5. The maximum absolute atomic E-state index is 12.0. The molecule has 6 heteroatoms. The van der Waals surface area contributed by atoms with Crippen LogP contribution in [-0.2, 0) is 6.54 Å². The van der Waals surface area contributed by atoms with Gasteiger partial charge in [-0.25, -0.2) is 4.68 Å². The fourth-order valence-corrected chi connectivity index (χ4v) is 2.15. The van der Waals surface area contributed by atoms with E-state index in [1.54, 1.807) is 31.0 Å². The molecular formula is C16H21N3O3. The third kappa shape index (κ3) is 3.28. The summed E-state index contributed by atoms with van der Waals surface area (Å²) in [5.41, 5.74) is 1.92. The molecule has 1 N–H and O–H groups in total. The lowest BCUT2D eigenvalue weighted by Crippen LogP contribution is -2.24. The van der Waals surface area contributed by atoms with E-state index in [4.69, 9.17) is 9.47 Å². The average molecular weight is 303 g/mol. The summed E-state index contributed by atoms with van der Waals surface area (Å²) in [6, 6.07) is 7.07. The Labute approximate surface area is 129 Å². The first kappa shape index (κ1) is 16.0. The van der Waals surface area contributed by atoms with E-state index in [1.165, 1.54) is 0 Å². The average Bonchev–Trinajstić information content (AvgIpc) is 2.53. The predicted molar refractivity (Wildman–Crippen MR) is 85.1 cm³/mol. The standard InChI is InChI=1S/C16H21N3O3/c1-5-17-10-13-15(20)8-11(2)19(18-13)14-7-6-12(21-3)9-16(14)22-4/h6-9,17H,5,10H2,1-4H3. The Hall–Kier alpha value is -2.34. The lowest BCUT2D eigenvalue weighted by molar-refractivity contribution is 0.392. The van der Waals surface area contributed by atoms with E-state index in [0.717, 1.165) is 17.9 Å². The maximum Gasteiger partial charge on any atom is 0.204 e. The minimum absolute atomic E-state index is 0.0674. The Morgan fingerprint density at radius 2 is 2.00 bits per heavy atom. The van der Waals surface area contributed by atoms with Crippen LogP contribution in [0.1, 0.15) is 18.3 Å². The van der Waals surface area contributed by atoms with Crippen molar-refractivity contribution in [2.45, 2.75) is 20.4 Å². The van der Waals surface area contributed by atoms with Crippen molar-refractivity contribution < 1.29 is 9.47 Å². The second kappa shape index (κ2) is 7.09. The quantitative estimate of drug-likeness (QED) is 0.879. The molecule has 0 radical (unpaired) electrons. The molecule has 118 valence electrons. The van der Waals surface area contributed by atoms with E-state index in [0.29, 0.717) is 23.7 Å². The smallest absolute Gasteiger partial charge is 0.204 e. The maximum atomic E-state index is 12.0. The van der Waals surface area contributed by atoms with Crippen molar-refractivity contribution >= 4 is 0 Å². The van der Waals surface area contributed by atoms with Gasteiger partial charge in [0.25, 0.3) is 0 Å². The molecular weight excluding hydrogens is 282 g/mol. The number of rotatable bonds is 6. The van der Waals surface area contributed by atoms with E-state index in [1.807, 2.05) is 26.0 Å². The Morgan fingerprint density at radius 1 is 1.23 bits per heavy atom. The van der Waals surface area contributed by atoms with Gasteiger partial charge in [0.05, 0.1) is 14.2 Å². The third-order valence-corrected chi connectivity index (χ3v) is 3.34. The van der Waals surface area contributed by atoms with Crippen molar-refractivity contribution in [2.24, 2.45) is 0 Å². The zero-order valence-corrected chi connectivity index (χ0v) is 13.3. The fraction of sp³-hybridized carbons (Fsp3) is 0.375. The molecule has 0 aliphatic carbocycles. The molecule has 0 atom stereocenters. The van der Waals surface area contributed by atoms with E-state index >= 15 is 0 Å². The highest BCUT2D eigenvalue weighted by atomic mass is 16.5. The fourth-order valence-electron chi connectivity index (χ4n) is 2.15. The molecule has 0 saturated carbocycles. The minimum Gasteiger partial charge on any atom is -0.497 e. The highest BCUT2D eigenvalue weighted by Gasteiger charge is 2.12. The largest absolute Gasteiger partial charge is 0.497 e. The van der Waals surface area contributed by atoms with Crippen LogP contribution in [0.15, 0.2) is 29.1 Å². The number of methoxy groups -OCH3 is 2. The molecule has 0 amide bonds. The Bertz CT molecular complexity index is 710. The summed E-state index contributed by atoms with van der Waals surface area (Å²) >= 11 is 0. The lowest BCUT2D eigenvalue weighted by atomic mass is 10.2. The second-order valence-electron chi connectivity index (χ2n) is 4.83. The Kier molecular flexibility index (Phi) is 5.16. The molecule has 0 aliphatic rings. The number of hydrogen-bond acceptors (Lipinski definition) is 5. The second-order valence-corrected chi connectivity index (χ2v) is 4.83. The number of nitrogens with zero attached hydrogens (tertiary/aromatic N) is 2. The molecule has 2 rings (SSSR count). The molecule has 0 bridgehead atoms. The number of benzene rings is 1. The van der Waals surface area contributed by atoms with Crippen LogP contribution in [0, 0.1) is 6.92 Å². The molecule has 1 aromatic carbocycles. The molecule has 2 aromatic rings. The summed E-state index contributed by atoms with van der Waals surface area (Å²) in [5.74, 6) is 1.33. The predicted octanol–water partition coefficient (Wildman–Crippen LogP) is 1.67. The summed E-state index contributed by atoms with van der Waals surface area (Å²) in [5, 5.41) is 7.59. The molecule has 0 unspecified atom stereocenters. The topological polar surface area (TPSA) is 65.4 Å². The molecule has 1 heterocycles. The van der Waals surface area contributed by atoms with Crippen LogP contribution in [0.4, 0.5) is 0 Å². The van der Waals surface area contributed by atoms with Crippen LogP contribution in [0.25, 0.3) is 5.69 Å². The van der Waals surface area contributed by atoms with Crippen molar-refractivity contribution in [3.05, 3.63) is 45.9 Å². The van der Waals surface area contributed by atoms with Crippen molar-refractivity contribution in [1.29, 1.82) is 0 Å². The Morgan fingerprint density at radius 3 is 2.64 bits per heavy atom. The number of hydrogen-bond donors (Lipinski definition) is 1. The van der Waals surface area contributed by atoms with Crippen molar-refractivity contribution in [3.8, 4) is 17.2 Å². The van der Waals surface area contributed by atoms with Gasteiger partial charge in [0.2, 0.25) is 5.43 Å². The van der Waals surface area contributed by atoms with Gasteiger partial charge in [-0.15, -0.1) is 0 Å². The molecule has 22 heavy (non-hydrogen) atoms. The van der Waals surface area contributed by atoms with Crippen LogP contribution in [0.2, 0.25) is 0 Å². The van der Waals surface area contributed by atoms with Gasteiger partial charge >= 0.3 is 0 Å². The molecule has 0 saturated heterocycles. The van der Waals surface area contributed by atoms with E-state index in [9.17, 15) is 4.79 Å². The molecule has 6 nitrogen and oxygen atoms in total. The van der Waals surface area contributed by atoms with Gasteiger partial charge in [0.1, 0.15) is 22.9 Å². The highest BCUT2D eigenvalue weighted by Crippen LogP contribution is 2.27. The first-order chi connectivity index (χ1) is 10.6. The summed E-state index contributed by atoms with van der Waals surface area (Å²) in [4.78, 5) is 12.0. The molecule has 1 aromatic heterocycles. The van der Waals surface area contributed by atoms with Crippen LogP contribution < -0.4 is 20.2 Å². The molecule has 0 aliphatic heterocycles. The van der Waals surface area contributed by atoms with Crippen LogP contribution in [-0.4, -0.2) is 30.5 Å². The van der Waals surface area contributed by atoms with Gasteiger partial charge in [0.15, 0.2) is 0 Å². The number of ether oxygens (including phenoxy) is 2. The SMILES string of the molecule is CCNCc1nn(-c2ccc(OC)cc2OC)c(C)cc1=O. The monoisotopic (exact) mass is 303 g/mol. The van der Waals surface area contributed by atoms with Gasteiger partial charge < -0.3 is 14.8 Å². The zero-order valence-electron chi connectivity index (χ0n) is 13.3. The van der Waals surface area contributed by atoms with Crippen LogP contribution in [0.3, 0.4) is 0 Å². The summed E-state index contributed by atoms with van der Waals surface area (Å²) in [6.07, 6.45) is 0. The Balaban J connectivity index is 2.54. The van der Waals surface area contributed by atoms with Crippen molar-refractivity contribution in [2.75, 3.05) is 20.8 Å². The first-order valence-electron chi connectivity index (χ1n) is 7.13. The van der Waals surface area contributed by atoms with Crippen molar-refractivity contribution in [1.82, 2.24) is 15.1 Å². The van der Waals surface area contributed by atoms with Crippen LogP contribution in [0.5, 0.6) is 11.5 Å². The van der Waals surface area contributed by atoms with Gasteiger partial charge in [-0.2, -0.15) is 5.10 Å². The van der Waals surface area contributed by atoms with Crippen molar-refractivity contribution in [3.63, 3.8) is 0 Å². The first-order valence-corrected chi connectivity index (χ1v) is 7.13. The zero-order chi connectivity index (χ0) is 16.1. The summed E-state index contributed by atoms with van der Waals surface area (Å²) < 4.78 is 12.3. The summed E-state index contributed by atoms with van der Waals surface area (Å²) in [6.45, 7) is 5.04. The van der Waals surface area contributed by atoms with Gasteiger partial charge in [-0.05, 0) is 25.6 Å². The number of aryl methyl sites for hydroxylation is 1. The van der Waals surface area contributed by atoms with Crippen LogP contribution >= 0.6 is 0 Å².